The summed E-state index contributed by atoms with van der Waals surface area (Å²) in [4.78, 5) is 86.5. The number of amides is 1. The van der Waals surface area contributed by atoms with Crippen LogP contribution in [0.1, 0.15) is 177 Å². The molecule has 13 atom stereocenters. The van der Waals surface area contributed by atoms with Crippen LogP contribution < -0.4 is 5.32 Å². The fourth-order valence-corrected chi connectivity index (χ4v) is 13.5. The second kappa shape index (κ2) is 28.9. The van der Waals surface area contributed by atoms with E-state index in [0.717, 1.165) is 51.9 Å². The molecular weight excluding hydrogens is 1090 g/mol. The highest BCUT2D eigenvalue weighted by molar-refractivity contribution is 5.96. The van der Waals surface area contributed by atoms with E-state index in [1.54, 1.807) is 92.7 Å². The molecule has 0 spiro atoms. The minimum atomic E-state index is -2.45. The zero-order valence-corrected chi connectivity index (χ0v) is 50.1. The molecule has 8 rings (SSSR count). The minimum Gasteiger partial charge on any atom is -0.455 e. The van der Waals surface area contributed by atoms with E-state index in [0.29, 0.717) is 12.0 Å². The Labute approximate surface area is 499 Å². The van der Waals surface area contributed by atoms with Crippen LogP contribution in [-0.4, -0.2) is 131 Å². The quantitative estimate of drug-likeness (QED) is 0.0240. The number of hydrogen-bond donors (Lipinski definition) is 4. The lowest BCUT2D eigenvalue weighted by Crippen LogP contribution is -2.81. The molecule has 3 aliphatic carbocycles. The topological polar surface area (TPSA) is 249 Å². The second-order valence-corrected chi connectivity index (χ2v) is 24.3. The minimum absolute atomic E-state index is 0.0565. The Morgan fingerprint density at radius 2 is 1.38 bits per heavy atom. The van der Waals surface area contributed by atoms with Gasteiger partial charge in [-0.15, -0.1) is 0 Å². The highest BCUT2D eigenvalue weighted by Gasteiger charge is 2.78. The van der Waals surface area contributed by atoms with Crippen LogP contribution in [0.25, 0.3) is 0 Å². The molecule has 18 nitrogen and oxygen atoms in total. The van der Waals surface area contributed by atoms with E-state index in [4.69, 9.17) is 37.9 Å². The highest BCUT2D eigenvalue weighted by atomic mass is 16.8. The van der Waals surface area contributed by atoms with E-state index in [9.17, 15) is 34.5 Å². The van der Waals surface area contributed by atoms with E-state index in [2.05, 4.69) is 24.4 Å². The maximum atomic E-state index is 15.4. The largest absolute Gasteiger partial charge is 0.509 e. The zero-order valence-electron chi connectivity index (χ0n) is 50.1. The molecule has 4 N–H and O–H groups in total. The van der Waals surface area contributed by atoms with Crippen molar-refractivity contribution >= 4 is 35.8 Å². The van der Waals surface area contributed by atoms with Crippen LogP contribution in [0.2, 0.25) is 0 Å². The van der Waals surface area contributed by atoms with Gasteiger partial charge in [-0.2, -0.15) is 0 Å². The van der Waals surface area contributed by atoms with Crippen molar-refractivity contribution in [3.05, 3.63) is 131 Å². The summed E-state index contributed by atoms with van der Waals surface area (Å²) in [5.41, 5.74) is -7.44. The number of fused-ring (bicyclic) bond motifs is 5. The fraction of sp³-hybridized carbons (Fsp3) is 0.582. The van der Waals surface area contributed by atoms with E-state index in [1.807, 2.05) is 0 Å². The summed E-state index contributed by atoms with van der Waals surface area (Å²) in [6.45, 7) is 8.88. The number of nitrogens with one attached hydrogen (secondary N) is 1. The number of rotatable bonds is 27. The number of unbranched alkanes of at least 4 members (excludes halogenated alkanes) is 11. The zero-order chi connectivity index (χ0) is 60.9. The Kier molecular flexibility index (Phi) is 22.0. The van der Waals surface area contributed by atoms with Crippen LogP contribution in [0.3, 0.4) is 0 Å². The maximum Gasteiger partial charge on any atom is 0.509 e. The third-order valence-electron chi connectivity index (χ3n) is 18.3. The number of aliphatic hydroxyl groups excluding tert-OH is 2. The molecule has 5 aliphatic rings. The number of hydrogen-bond acceptors (Lipinski definition) is 17. The van der Waals surface area contributed by atoms with E-state index < -0.39 is 125 Å². The monoisotopic (exact) mass is 1180 g/mol. The summed E-state index contributed by atoms with van der Waals surface area (Å²) in [6, 6.07) is 22.8. The third-order valence-corrected chi connectivity index (χ3v) is 18.3. The van der Waals surface area contributed by atoms with Gasteiger partial charge >= 0.3 is 24.1 Å². The lowest BCUT2D eigenvalue weighted by molar-refractivity contribution is -0.346. The molecule has 2 aliphatic heterocycles. The smallest absolute Gasteiger partial charge is 0.455 e. The van der Waals surface area contributed by atoms with E-state index in [1.165, 1.54) is 64.5 Å². The van der Waals surface area contributed by atoms with Gasteiger partial charge in [0.25, 0.3) is 5.91 Å². The van der Waals surface area contributed by atoms with E-state index >= 15 is 9.59 Å². The van der Waals surface area contributed by atoms with Crippen molar-refractivity contribution < 1.29 is 82.0 Å². The van der Waals surface area contributed by atoms with Gasteiger partial charge in [-0.1, -0.05) is 151 Å². The summed E-state index contributed by atoms with van der Waals surface area (Å²) < 4.78 is 48.5. The van der Waals surface area contributed by atoms with Crippen LogP contribution in [0.5, 0.6) is 0 Å². The molecular formula is C67H87NO17. The van der Waals surface area contributed by atoms with Crippen LogP contribution in [0, 0.1) is 16.7 Å². The number of ether oxygens (including phenoxy) is 8. The number of benzene rings is 3. The van der Waals surface area contributed by atoms with E-state index in [-0.39, 0.29) is 48.5 Å². The lowest BCUT2D eigenvalue weighted by Gasteiger charge is -2.67. The molecule has 3 aromatic carbocycles. The number of aliphatic hydroxyl groups is 3. The van der Waals surface area contributed by atoms with Crippen molar-refractivity contribution in [2.45, 2.75) is 211 Å². The second-order valence-electron chi connectivity index (χ2n) is 24.3. The lowest BCUT2D eigenvalue weighted by atomic mass is 9.44. The summed E-state index contributed by atoms with van der Waals surface area (Å²) in [7, 11) is 0. The van der Waals surface area contributed by atoms with Crippen molar-refractivity contribution in [3.63, 3.8) is 0 Å². The number of carbonyl (C=O) groups is 6. The van der Waals surface area contributed by atoms with Gasteiger partial charge < -0.3 is 58.5 Å². The number of carbonyl (C=O) groups excluding carboxylic acids is 6. The first-order valence-electron chi connectivity index (χ1n) is 30.5. The SMILES string of the molecule is CCCCCCCC/C=C\CCCCCCCC1OCC(COC(=O)O[C@@H](C(=O)O[C@H]2C[C@@]3(O)[C@@H](OC(=O)c4ccccc4)[C@@H]4[C@]5(OC(C)=O)CO[C@@H]5C[C@H](O)[C@@]4(C)C(=O)[C@H](O)C(=C2C)C3(C)C)[C@@H](NC(=O)c2ccccc2)c2ccccc2)O1. The van der Waals surface area contributed by atoms with Gasteiger partial charge in [-0.3, -0.25) is 14.4 Å². The van der Waals surface area contributed by atoms with Crippen molar-refractivity contribution in [1.29, 1.82) is 0 Å². The van der Waals surface area contributed by atoms with Gasteiger partial charge in [-0.25, -0.2) is 14.4 Å². The molecule has 2 unspecified atom stereocenters. The molecule has 1 amide bonds. The molecule has 2 heterocycles. The highest BCUT2D eigenvalue weighted by Crippen LogP contribution is 2.64. The molecule has 3 aromatic rings. The molecule has 85 heavy (non-hydrogen) atoms. The molecule has 18 heteroatoms. The van der Waals surface area contributed by atoms with Crippen molar-refractivity contribution in [1.82, 2.24) is 5.32 Å². The molecule has 4 fully saturated rings. The predicted octanol–water partition coefficient (Wildman–Crippen LogP) is 10.1. The van der Waals surface area contributed by atoms with Crippen LogP contribution >= 0.6 is 0 Å². The maximum absolute atomic E-state index is 15.4. The first kappa shape index (κ1) is 64.7. The van der Waals surface area contributed by atoms with Crippen LogP contribution in [0.4, 0.5) is 4.79 Å². The van der Waals surface area contributed by atoms with Crippen LogP contribution in [-0.2, 0) is 52.3 Å². The third kappa shape index (κ3) is 14.4. The number of ketones is 1. The molecule has 0 radical (unpaired) electrons. The number of allylic oxidation sites excluding steroid dienone is 2. The molecule has 2 saturated heterocycles. The summed E-state index contributed by atoms with van der Waals surface area (Å²) in [6.07, 6.45) is 7.15. The number of Topliss-reactive ketones (excluding diaryl/α,β-unsaturated/α-hetero) is 1. The Balaban J connectivity index is 1.03. The standard InChI is InChI=1S/C67H87NO17/c1-7-8-9-10-11-12-13-14-15-16-17-18-19-20-30-37-52-78-40-48(81-52)41-79-63(76)83-56(54(45-31-24-21-25-32-45)68-60(73)46-33-26-22-27-34-46)62(75)82-49-39-67(77)59(84-61(74)47-35-28-23-29-36-47)57-65(6,58(72)55(71)53(43(49)2)64(67,4)5)50(70)38-51-66(57,42-80-51)85-44(3)69/h14-15,21-29,31-36,48-52,54-57,59,70-71,77H,7-13,16-20,30,37-42H2,1-6H3,(H,68,73)/b15-14-/t48?,49-,50-,51+,52?,54-,55+,56+,57-,59-,65+,66-,67+/m0/s1. The Hall–Kier alpha value is -6.28. The Bertz CT molecular complexity index is 2820. The Morgan fingerprint density at radius 1 is 0.776 bits per heavy atom. The van der Waals surface area contributed by atoms with Crippen molar-refractivity contribution in [2.75, 3.05) is 19.8 Å². The van der Waals surface area contributed by atoms with Crippen LogP contribution in [0.15, 0.2) is 114 Å². The fourth-order valence-electron chi connectivity index (χ4n) is 13.5. The van der Waals surface area contributed by atoms with Gasteiger partial charge in [0.2, 0.25) is 6.10 Å². The Morgan fingerprint density at radius 3 is 1.99 bits per heavy atom. The molecule has 2 bridgehead atoms. The molecule has 0 aromatic heterocycles. The predicted molar refractivity (Wildman–Crippen MR) is 312 cm³/mol. The normalized spacial score (nSPS) is 29.2. The first-order chi connectivity index (χ1) is 40.8. The average molecular weight is 1180 g/mol. The van der Waals surface area contributed by atoms with Gasteiger partial charge in [0.1, 0.15) is 48.8 Å². The summed E-state index contributed by atoms with van der Waals surface area (Å²) >= 11 is 0. The molecule has 462 valence electrons. The average Bonchev–Trinajstić information content (AvgIpc) is 0.828. The van der Waals surface area contributed by atoms with Gasteiger partial charge in [0.15, 0.2) is 17.7 Å². The van der Waals surface area contributed by atoms with Gasteiger partial charge in [0.05, 0.1) is 36.2 Å². The summed E-state index contributed by atoms with van der Waals surface area (Å²) in [5, 5.41) is 41.4. The van der Waals surface area contributed by atoms with Gasteiger partial charge in [0, 0.05) is 30.7 Å². The van der Waals surface area contributed by atoms with Crippen molar-refractivity contribution in [3.8, 4) is 0 Å². The summed E-state index contributed by atoms with van der Waals surface area (Å²) in [5.74, 6) is -6.15. The van der Waals surface area contributed by atoms with Gasteiger partial charge in [-0.05, 0) is 93.3 Å². The van der Waals surface area contributed by atoms with Crippen molar-refractivity contribution in [2.24, 2.45) is 16.7 Å². The number of esters is 3. The molecule has 2 saturated carbocycles. The first-order valence-corrected chi connectivity index (χ1v) is 30.5.